The van der Waals surface area contributed by atoms with Crippen LogP contribution in [0.2, 0.25) is 0 Å². The maximum atomic E-state index is 12.9. The van der Waals surface area contributed by atoms with Gasteiger partial charge in [0.15, 0.2) is 17.3 Å². The third kappa shape index (κ3) is 5.37. The van der Waals surface area contributed by atoms with Crippen LogP contribution in [0.15, 0.2) is 76.4 Å². The Labute approximate surface area is 229 Å². The average Bonchev–Trinajstić information content (AvgIpc) is 3.57. The van der Waals surface area contributed by atoms with Crippen LogP contribution < -0.4 is 15.2 Å². The molecule has 0 radical (unpaired) electrons. The molecule has 3 N–H and O–H groups in total. The minimum atomic E-state index is -3.74. The molecule has 0 saturated carbocycles. The van der Waals surface area contributed by atoms with Crippen molar-refractivity contribution in [2.75, 3.05) is 45.1 Å². The van der Waals surface area contributed by atoms with Gasteiger partial charge in [0.25, 0.3) is 0 Å². The number of hydrogen-bond acceptors (Lipinski definition) is 11. The largest absolute Gasteiger partial charge is 0.439 e. The zero-order chi connectivity index (χ0) is 27.5. The summed E-state index contributed by atoms with van der Waals surface area (Å²) in [5, 5.41) is 7.60. The van der Waals surface area contributed by atoms with Gasteiger partial charge in [-0.15, -0.1) is 0 Å². The standard InChI is InChI=1S/C26H26N8O5S/c27-25-24(31-39-32-25)26-30-21-17-28-23(16-22(21)34(26)18-5-2-1-3-6-18)38-19-7-4-8-20(15-19)40(35,36)29-9-10-33-11-13-37-14-12-33/h1-8,15-17,29H,9-14H2,(H2,27,32). The van der Waals surface area contributed by atoms with E-state index in [4.69, 9.17) is 19.8 Å². The highest BCUT2D eigenvalue weighted by Gasteiger charge is 2.22. The van der Waals surface area contributed by atoms with Gasteiger partial charge in [-0.25, -0.2) is 27.7 Å². The molecular formula is C26H26N8O5S. The second kappa shape index (κ2) is 11.0. The number of sulfonamides is 1. The highest BCUT2D eigenvalue weighted by molar-refractivity contribution is 7.89. The van der Waals surface area contributed by atoms with Crippen LogP contribution >= 0.6 is 0 Å². The zero-order valence-electron chi connectivity index (χ0n) is 21.3. The summed E-state index contributed by atoms with van der Waals surface area (Å²) < 4.78 is 46.5. The number of rotatable bonds is 9. The fourth-order valence-corrected chi connectivity index (χ4v) is 5.49. The smallest absolute Gasteiger partial charge is 0.240 e. The molecule has 5 aromatic rings. The highest BCUT2D eigenvalue weighted by atomic mass is 32.2. The van der Waals surface area contributed by atoms with Crippen molar-refractivity contribution in [1.82, 2.24) is 34.5 Å². The Morgan fingerprint density at radius 1 is 1.02 bits per heavy atom. The molecule has 6 rings (SSSR count). The van der Waals surface area contributed by atoms with Gasteiger partial charge >= 0.3 is 0 Å². The van der Waals surface area contributed by atoms with Crippen molar-refractivity contribution in [3.05, 3.63) is 66.9 Å². The van der Waals surface area contributed by atoms with E-state index in [0.29, 0.717) is 54.6 Å². The number of benzene rings is 2. The molecule has 1 aliphatic heterocycles. The molecule has 14 heteroatoms. The van der Waals surface area contributed by atoms with Gasteiger partial charge in [-0.05, 0) is 34.6 Å². The van der Waals surface area contributed by atoms with Gasteiger partial charge in [-0.2, -0.15) is 0 Å². The number of imidazole rings is 1. The summed E-state index contributed by atoms with van der Waals surface area (Å²) >= 11 is 0. The molecule has 13 nitrogen and oxygen atoms in total. The minimum Gasteiger partial charge on any atom is -0.439 e. The summed E-state index contributed by atoms with van der Waals surface area (Å²) in [6, 6.07) is 17.5. The van der Waals surface area contributed by atoms with Gasteiger partial charge in [0.1, 0.15) is 11.3 Å². The van der Waals surface area contributed by atoms with E-state index in [9.17, 15) is 8.42 Å². The summed E-state index contributed by atoms with van der Waals surface area (Å²) in [5.41, 5.74) is 8.30. The molecule has 0 aliphatic carbocycles. The lowest BCUT2D eigenvalue weighted by atomic mass is 10.3. The number of aromatic nitrogens is 5. The monoisotopic (exact) mass is 562 g/mol. The third-order valence-electron chi connectivity index (χ3n) is 6.42. The molecule has 0 bridgehead atoms. The topological polar surface area (TPSA) is 164 Å². The number of nitrogens with zero attached hydrogens (tertiary/aromatic N) is 6. The van der Waals surface area contributed by atoms with Gasteiger partial charge in [0.05, 0.1) is 29.8 Å². The van der Waals surface area contributed by atoms with Crippen molar-refractivity contribution < 1.29 is 22.5 Å². The van der Waals surface area contributed by atoms with Crippen molar-refractivity contribution in [2.45, 2.75) is 4.90 Å². The molecule has 0 amide bonds. The first-order valence-electron chi connectivity index (χ1n) is 12.6. The maximum absolute atomic E-state index is 12.9. The normalized spacial score (nSPS) is 14.5. The summed E-state index contributed by atoms with van der Waals surface area (Å²) in [7, 11) is -3.74. The molecule has 1 saturated heterocycles. The lowest BCUT2D eigenvalue weighted by molar-refractivity contribution is 0.0390. The minimum absolute atomic E-state index is 0.0960. The Morgan fingerprint density at radius 3 is 2.62 bits per heavy atom. The number of hydrogen-bond donors (Lipinski definition) is 2. The number of ether oxygens (including phenoxy) is 2. The van der Waals surface area contributed by atoms with E-state index in [1.54, 1.807) is 24.4 Å². The lowest BCUT2D eigenvalue weighted by Crippen LogP contribution is -2.41. The first kappa shape index (κ1) is 25.9. The lowest BCUT2D eigenvalue weighted by Gasteiger charge is -2.26. The Bertz CT molecular complexity index is 1730. The van der Waals surface area contributed by atoms with Crippen molar-refractivity contribution >= 4 is 26.9 Å². The van der Waals surface area contributed by atoms with E-state index in [1.165, 1.54) is 12.1 Å². The SMILES string of the molecule is Nc1nonc1-c1nc2cnc(Oc3cccc(S(=O)(=O)NCCN4CCOCC4)c3)cc2n1-c1ccccc1. The Kier molecular flexibility index (Phi) is 7.13. The molecule has 206 valence electrons. The van der Waals surface area contributed by atoms with Crippen LogP contribution in [-0.2, 0) is 14.8 Å². The van der Waals surface area contributed by atoms with Crippen LogP contribution in [0.25, 0.3) is 28.2 Å². The number of fused-ring (bicyclic) bond motifs is 1. The molecular weight excluding hydrogens is 536 g/mol. The highest BCUT2D eigenvalue weighted by Crippen LogP contribution is 2.32. The number of para-hydroxylation sites is 1. The second-order valence-electron chi connectivity index (χ2n) is 9.04. The maximum Gasteiger partial charge on any atom is 0.240 e. The van der Waals surface area contributed by atoms with Crippen LogP contribution in [0, 0.1) is 0 Å². The fourth-order valence-electron chi connectivity index (χ4n) is 4.44. The van der Waals surface area contributed by atoms with Crippen molar-refractivity contribution in [2.24, 2.45) is 0 Å². The summed E-state index contributed by atoms with van der Waals surface area (Å²) in [5.74, 6) is 1.10. The number of nitrogen functional groups attached to an aromatic ring is 1. The van der Waals surface area contributed by atoms with Crippen LogP contribution in [-0.4, -0.2) is 77.6 Å². The number of anilines is 1. The first-order chi connectivity index (χ1) is 19.5. The van der Waals surface area contributed by atoms with Gasteiger partial charge in [0, 0.05) is 44.0 Å². The van der Waals surface area contributed by atoms with E-state index >= 15 is 0 Å². The summed E-state index contributed by atoms with van der Waals surface area (Å²) in [4.78, 5) is 11.3. The van der Waals surface area contributed by atoms with Crippen LogP contribution in [0.4, 0.5) is 5.82 Å². The number of nitrogens with one attached hydrogen (secondary N) is 1. The molecule has 1 aliphatic rings. The molecule has 2 aromatic carbocycles. The molecule has 1 fully saturated rings. The van der Waals surface area contributed by atoms with Crippen LogP contribution in [0.3, 0.4) is 0 Å². The molecule has 0 spiro atoms. The molecule has 3 aromatic heterocycles. The third-order valence-corrected chi connectivity index (χ3v) is 7.88. The number of pyridine rings is 1. The van der Waals surface area contributed by atoms with E-state index in [1.807, 2.05) is 34.9 Å². The molecule has 4 heterocycles. The van der Waals surface area contributed by atoms with Crippen molar-refractivity contribution in [1.29, 1.82) is 0 Å². The fraction of sp³-hybridized carbons (Fsp3) is 0.231. The average molecular weight is 563 g/mol. The second-order valence-corrected chi connectivity index (χ2v) is 10.8. The molecule has 0 atom stereocenters. The van der Waals surface area contributed by atoms with Gasteiger partial charge < -0.3 is 15.2 Å². The quantitative estimate of drug-likeness (QED) is 0.271. The molecule has 40 heavy (non-hydrogen) atoms. The Morgan fingerprint density at radius 2 is 1.85 bits per heavy atom. The zero-order valence-corrected chi connectivity index (χ0v) is 22.1. The summed E-state index contributed by atoms with van der Waals surface area (Å²) in [6.45, 7) is 3.79. The predicted molar refractivity (Wildman–Crippen MR) is 146 cm³/mol. The van der Waals surface area contributed by atoms with Crippen LogP contribution in [0.1, 0.15) is 0 Å². The molecule has 0 unspecified atom stereocenters. The summed E-state index contributed by atoms with van der Waals surface area (Å²) in [6.07, 6.45) is 1.56. The van der Waals surface area contributed by atoms with Gasteiger partial charge in [-0.1, -0.05) is 24.3 Å². The van der Waals surface area contributed by atoms with E-state index in [2.05, 4.69) is 29.9 Å². The number of morpholine rings is 1. The van der Waals surface area contributed by atoms with Crippen LogP contribution in [0.5, 0.6) is 11.6 Å². The van der Waals surface area contributed by atoms with E-state index in [-0.39, 0.29) is 16.6 Å². The van der Waals surface area contributed by atoms with Crippen molar-refractivity contribution in [3.63, 3.8) is 0 Å². The van der Waals surface area contributed by atoms with E-state index in [0.717, 1.165) is 18.8 Å². The number of nitrogens with two attached hydrogens (primary N) is 1. The van der Waals surface area contributed by atoms with Gasteiger partial charge in [-0.3, -0.25) is 9.47 Å². The van der Waals surface area contributed by atoms with Gasteiger partial charge in [0.2, 0.25) is 15.9 Å². The van der Waals surface area contributed by atoms with Crippen molar-refractivity contribution in [3.8, 4) is 28.8 Å². The Balaban J connectivity index is 1.27. The van der Waals surface area contributed by atoms with E-state index < -0.39 is 10.0 Å². The predicted octanol–water partition coefficient (Wildman–Crippen LogP) is 2.46. The Hall–Kier alpha value is -4.37. The first-order valence-corrected chi connectivity index (χ1v) is 14.1.